The predicted octanol–water partition coefficient (Wildman–Crippen LogP) is 2.54. The Morgan fingerprint density at radius 3 is 2.59 bits per heavy atom. The SMILES string of the molecule is CNCCc1ccccc1C(=O)N(C)Cc1ccccn1.Cl. The van der Waals surface area contributed by atoms with Crippen LogP contribution >= 0.6 is 12.4 Å². The molecule has 22 heavy (non-hydrogen) atoms. The number of carbonyl (C=O) groups excluding carboxylic acids is 1. The van der Waals surface area contributed by atoms with E-state index in [0.717, 1.165) is 29.8 Å². The van der Waals surface area contributed by atoms with E-state index in [1.807, 2.05) is 56.6 Å². The van der Waals surface area contributed by atoms with Gasteiger partial charge in [-0.15, -0.1) is 12.4 Å². The average molecular weight is 320 g/mol. The topological polar surface area (TPSA) is 45.2 Å². The van der Waals surface area contributed by atoms with Crippen molar-refractivity contribution >= 4 is 18.3 Å². The van der Waals surface area contributed by atoms with Crippen LogP contribution in [0, 0.1) is 0 Å². The molecule has 2 rings (SSSR count). The zero-order valence-corrected chi connectivity index (χ0v) is 13.8. The van der Waals surface area contributed by atoms with Crippen LogP contribution in [-0.4, -0.2) is 36.4 Å². The molecule has 4 nitrogen and oxygen atoms in total. The number of amides is 1. The molecule has 0 aliphatic rings. The van der Waals surface area contributed by atoms with Crippen molar-refractivity contribution in [2.75, 3.05) is 20.6 Å². The van der Waals surface area contributed by atoms with E-state index in [0.29, 0.717) is 6.54 Å². The molecule has 0 fully saturated rings. The third kappa shape index (κ3) is 4.83. The molecule has 0 atom stereocenters. The number of rotatable bonds is 6. The molecule has 0 spiro atoms. The number of aromatic nitrogens is 1. The smallest absolute Gasteiger partial charge is 0.254 e. The van der Waals surface area contributed by atoms with Gasteiger partial charge in [-0.1, -0.05) is 24.3 Å². The first-order chi connectivity index (χ1) is 10.2. The number of carbonyl (C=O) groups is 1. The summed E-state index contributed by atoms with van der Waals surface area (Å²) >= 11 is 0. The minimum atomic E-state index is 0. The molecule has 1 aromatic carbocycles. The molecule has 5 heteroatoms. The Balaban J connectivity index is 0.00000242. The van der Waals surface area contributed by atoms with Crippen LogP contribution in [0.4, 0.5) is 0 Å². The third-order valence-electron chi connectivity index (χ3n) is 3.36. The van der Waals surface area contributed by atoms with Gasteiger partial charge in [0.25, 0.3) is 5.91 Å². The molecule has 1 N–H and O–H groups in total. The number of halogens is 1. The molecule has 0 aliphatic heterocycles. The molecule has 0 unspecified atom stereocenters. The molecule has 0 saturated carbocycles. The Kier molecular flexibility index (Phi) is 7.57. The molecule has 0 radical (unpaired) electrons. The van der Waals surface area contributed by atoms with Gasteiger partial charge in [-0.05, 0) is 43.8 Å². The van der Waals surface area contributed by atoms with E-state index < -0.39 is 0 Å². The van der Waals surface area contributed by atoms with E-state index in [9.17, 15) is 4.79 Å². The number of nitrogens with one attached hydrogen (secondary N) is 1. The van der Waals surface area contributed by atoms with Crippen LogP contribution in [0.2, 0.25) is 0 Å². The standard InChI is InChI=1S/C17H21N3O.ClH/c1-18-12-10-14-7-3-4-9-16(14)17(21)20(2)13-15-8-5-6-11-19-15;/h3-9,11,18H,10,12-13H2,1-2H3;1H. The molecular weight excluding hydrogens is 298 g/mol. The number of pyridine rings is 1. The summed E-state index contributed by atoms with van der Waals surface area (Å²) < 4.78 is 0. The van der Waals surface area contributed by atoms with Crippen molar-refractivity contribution in [3.63, 3.8) is 0 Å². The van der Waals surface area contributed by atoms with Crippen LogP contribution < -0.4 is 5.32 Å². The van der Waals surface area contributed by atoms with Crippen LogP contribution in [0.1, 0.15) is 21.6 Å². The summed E-state index contributed by atoms with van der Waals surface area (Å²) in [5.74, 6) is 0.0346. The fourth-order valence-corrected chi connectivity index (χ4v) is 2.22. The number of hydrogen-bond acceptors (Lipinski definition) is 3. The summed E-state index contributed by atoms with van der Waals surface area (Å²) in [6.45, 7) is 1.37. The molecule has 1 aromatic heterocycles. The highest BCUT2D eigenvalue weighted by molar-refractivity contribution is 5.95. The summed E-state index contributed by atoms with van der Waals surface area (Å²) in [5.41, 5.74) is 2.73. The zero-order valence-electron chi connectivity index (χ0n) is 13.0. The van der Waals surface area contributed by atoms with Crippen molar-refractivity contribution < 1.29 is 4.79 Å². The Morgan fingerprint density at radius 2 is 1.91 bits per heavy atom. The van der Waals surface area contributed by atoms with Gasteiger partial charge in [0, 0.05) is 18.8 Å². The molecule has 1 amide bonds. The van der Waals surface area contributed by atoms with E-state index in [4.69, 9.17) is 0 Å². The van der Waals surface area contributed by atoms with Crippen LogP contribution in [0.25, 0.3) is 0 Å². The highest BCUT2D eigenvalue weighted by atomic mass is 35.5. The van der Waals surface area contributed by atoms with Gasteiger partial charge in [-0.2, -0.15) is 0 Å². The van der Waals surface area contributed by atoms with Crippen molar-refractivity contribution in [1.82, 2.24) is 15.2 Å². The van der Waals surface area contributed by atoms with Crippen molar-refractivity contribution in [3.05, 3.63) is 65.5 Å². The Hall–Kier alpha value is -1.91. The summed E-state index contributed by atoms with van der Waals surface area (Å²) in [7, 11) is 3.73. The number of hydrogen-bond donors (Lipinski definition) is 1. The van der Waals surface area contributed by atoms with Gasteiger partial charge in [0.15, 0.2) is 0 Å². The van der Waals surface area contributed by atoms with Crippen LogP contribution in [0.5, 0.6) is 0 Å². The first-order valence-electron chi connectivity index (χ1n) is 7.10. The maximum absolute atomic E-state index is 12.6. The largest absolute Gasteiger partial charge is 0.336 e. The van der Waals surface area contributed by atoms with Crippen LogP contribution in [-0.2, 0) is 13.0 Å². The summed E-state index contributed by atoms with van der Waals surface area (Å²) in [6.07, 6.45) is 2.59. The average Bonchev–Trinajstić information content (AvgIpc) is 2.53. The van der Waals surface area contributed by atoms with Crippen molar-refractivity contribution in [1.29, 1.82) is 0 Å². The maximum Gasteiger partial charge on any atom is 0.254 e. The molecule has 0 bridgehead atoms. The highest BCUT2D eigenvalue weighted by Crippen LogP contribution is 2.13. The predicted molar refractivity (Wildman–Crippen MR) is 91.4 cm³/mol. The Bertz CT molecular complexity index is 589. The lowest BCUT2D eigenvalue weighted by molar-refractivity contribution is 0.0782. The lowest BCUT2D eigenvalue weighted by atomic mass is 10.0. The first kappa shape index (κ1) is 18.1. The minimum Gasteiger partial charge on any atom is -0.336 e. The van der Waals surface area contributed by atoms with E-state index in [1.54, 1.807) is 11.1 Å². The Morgan fingerprint density at radius 1 is 1.18 bits per heavy atom. The van der Waals surface area contributed by atoms with Gasteiger partial charge in [0.05, 0.1) is 12.2 Å². The van der Waals surface area contributed by atoms with Gasteiger partial charge in [0.2, 0.25) is 0 Å². The molecule has 0 saturated heterocycles. The molecule has 118 valence electrons. The molecule has 2 aromatic rings. The van der Waals surface area contributed by atoms with Gasteiger partial charge in [-0.3, -0.25) is 9.78 Å². The fraction of sp³-hybridized carbons (Fsp3) is 0.294. The zero-order chi connectivity index (χ0) is 15.1. The second kappa shape index (κ2) is 9.18. The monoisotopic (exact) mass is 319 g/mol. The van der Waals surface area contributed by atoms with E-state index in [-0.39, 0.29) is 18.3 Å². The van der Waals surface area contributed by atoms with Gasteiger partial charge < -0.3 is 10.2 Å². The lowest BCUT2D eigenvalue weighted by Gasteiger charge is -2.18. The normalized spacial score (nSPS) is 9.91. The first-order valence-corrected chi connectivity index (χ1v) is 7.10. The van der Waals surface area contributed by atoms with E-state index in [1.165, 1.54) is 0 Å². The summed E-state index contributed by atoms with van der Waals surface area (Å²) in [6, 6.07) is 13.5. The lowest BCUT2D eigenvalue weighted by Crippen LogP contribution is -2.28. The van der Waals surface area contributed by atoms with E-state index >= 15 is 0 Å². The Labute approximate surface area is 138 Å². The second-order valence-electron chi connectivity index (χ2n) is 4.99. The summed E-state index contributed by atoms with van der Waals surface area (Å²) in [5, 5.41) is 3.12. The number of benzene rings is 1. The second-order valence-corrected chi connectivity index (χ2v) is 4.99. The van der Waals surface area contributed by atoms with Gasteiger partial charge in [-0.25, -0.2) is 0 Å². The van der Waals surface area contributed by atoms with Gasteiger partial charge in [0.1, 0.15) is 0 Å². The summed E-state index contributed by atoms with van der Waals surface area (Å²) in [4.78, 5) is 18.6. The van der Waals surface area contributed by atoms with Gasteiger partial charge >= 0.3 is 0 Å². The molecule has 0 aliphatic carbocycles. The third-order valence-corrected chi connectivity index (χ3v) is 3.36. The fourth-order valence-electron chi connectivity index (χ4n) is 2.22. The van der Waals surface area contributed by atoms with E-state index in [2.05, 4.69) is 10.3 Å². The minimum absolute atomic E-state index is 0. The molecular formula is C17H22ClN3O. The number of likely N-dealkylation sites (N-methyl/N-ethyl adjacent to an activating group) is 1. The maximum atomic E-state index is 12.6. The van der Waals surface area contributed by atoms with Crippen molar-refractivity contribution in [2.24, 2.45) is 0 Å². The van der Waals surface area contributed by atoms with Crippen molar-refractivity contribution in [3.8, 4) is 0 Å². The highest BCUT2D eigenvalue weighted by Gasteiger charge is 2.15. The number of nitrogens with zero attached hydrogens (tertiary/aromatic N) is 2. The van der Waals surface area contributed by atoms with Crippen LogP contribution in [0.15, 0.2) is 48.7 Å². The van der Waals surface area contributed by atoms with Crippen LogP contribution in [0.3, 0.4) is 0 Å². The molecule has 1 heterocycles. The van der Waals surface area contributed by atoms with Crippen molar-refractivity contribution in [2.45, 2.75) is 13.0 Å². The quantitative estimate of drug-likeness (QED) is 0.890.